The maximum absolute atomic E-state index is 10.7. The first kappa shape index (κ1) is 16.5. The summed E-state index contributed by atoms with van der Waals surface area (Å²) >= 11 is 0. The quantitative estimate of drug-likeness (QED) is 0.479. The first-order valence-corrected chi connectivity index (χ1v) is 7.82. The second-order valence-electron chi connectivity index (χ2n) is 5.99. The van der Waals surface area contributed by atoms with Gasteiger partial charge in [-0.1, -0.05) is 29.8 Å². The lowest BCUT2D eigenvalue weighted by molar-refractivity contribution is -0.384. The Kier molecular flexibility index (Phi) is 4.82. The molecule has 0 radical (unpaired) electrons. The van der Waals surface area contributed by atoms with E-state index in [2.05, 4.69) is 0 Å². The number of hydrogen-bond acceptors (Lipinski definition) is 5. The topological polar surface area (TPSA) is 64.8 Å². The Bertz CT molecular complexity index is 706. The van der Waals surface area contributed by atoms with Crippen LogP contribution in [-0.4, -0.2) is 38.3 Å². The Morgan fingerprint density at radius 1 is 1.21 bits per heavy atom. The van der Waals surface area contributed by atoms with Crippen molar-refractivity contribution >= 4 is 24.0 Å². The van der Waals surface area contributed by atoms with Gasteiger partial charge in [-0.25, -0.2) is 0 Å². The van der Waals surface area contributed by atoms with E-state index in [0.29, 0.717) is 13.2 Å². The Hall–Kier alpha value is -2.38. The maximum Gasteiger partial charge on any atom is 0.494 e. The molecule has 3 rings (SSSR count). The van der Waals surface area contributed by atoms with Crippen molar-refractivity contribution in [3.63, 3.8) is 0 Å². The van der Waals surface area contributed by atoms with Gasteiger partial charge < -0.3 is 14.2 Å². The summed E-state index contributed by atoms with van der Waals surface area (Å²) in [5.41, 5.74) is 3.21. The van der Waals surface area contributed by atoms with E-state index in [1.54, 1.807) is 12.1 Å². The van der Waals surface area contributed by atoms with Gasteiger partial charge in [0.25, 0.3) is 5.69 Å². The van der Waals surface area contributed by atoms with Crippen molar-refractivity contribution < 1.29 is 14.2 Å². The molecule has 1 atom stereocenters. The van der Waals surface area contributed by atoms with E-state index in [1.165, 1.54) is 17.7 Å². The summed E-state index contributed by atoms with van der Waals surface area (Å²) in [4.78, 5) is 12.3. The van der Waals surface area contributed by atoms with Crippen LogP contribution in [0.2, 0.25) is 0 Å². The van der Waals surface area contributed by atoms with Gasteiger partial charge in [0, 0.05) is 31.4 Å². The van der Waals surface area contributed by atoms with Crippen molar-refractivity contribution in [3.05, 3.63) is 64.2 Å². The Morgan fingerprint density at radius 3 is 2.50 bits per heavy atom. The maximum atomic E-state index is 10.7. The standard InChI is InChI=1S/C17H19BN2O4/c1-13-3-5-14(6-4-13)18-23-12-17(24-18)11-19(2)15-7-9-16(10-8-15)20(21)22/h3-10,17H,11-12H2,1-2H3. The molecule has 2 aromatic carbocycles. The number of aryl methyl sites for hydroxylation is 1. The number of nitro groups is 1. The van der Waals surface area contributed by atoms with Crippen LogP contribution in [0.3, 0.4) is 0 Å². The monoisotopic (exact) mass is 326 g/mol. The normalized spacial score (nSPS) is 17.1. The van der Waals surface area contributed by atoms with Crippen molar-refractivity contribution in [2.75, 3.05) is 25.1 Å². The van der Waals surface area contributed by atoms with Gasteiger partial charge >= 0.3 is 7.12 Å². The molecule has 0 bridgehead atoms. The predicted molar refractivity (Wildman–Crippen MR) is 93.8 cm³/mol. The van der Waals surface area contributed by atoms with Crippen LogP contribution in [-0.2, 0) is 9.31 Å². The average molecular weight is 326 g/mol. The Labute approximate surface area is 141 Å². The third-order valence-corrected chi connectivity index (χ3v) is 4.08. The number of non-ortho nitro benzene ring substituents is 1. The summed E-state index contributed by atoms with van der Waals surface area (Å²) in [6.07, 6.45) is -0.0449. The second kappa shape index (κ2) is 7.03. The zero-order valence-electron chi connectivity index (χ0n) is 13.7. The van der Waals surface area contributed by atoms with Crippen LogP contribution in [0, 0.1) is 17.0 Å². The van der Waals surface area contributed by atoms with Crippen molar-refractivity contribution in [2.24, 2.45) is 0 Å². The largest absolute Gasteiger partial charge is 0.494 e. The lowest BCUT2D eigenvalue weighted by atomic mass is 9.79. The molecule has 0 aromatic heterocycles. The highest BCUT2D eigenvalue weighted by Gasteiger charge is 2.33. The van der Waals surface area contributed by atoms with Crippen LogP contribution >= 0.6 is 0 Å². The summed E-state index contributed by atoms with van der Waals surface area (Å²) in [7, 11) is 1.60. The molecule has 1 aliphatic heterocycles. The van der Waals surface area contributed by atoms with Gasteiger partial charge in [0.15, 0.2) is 0 Å². The van der Waals surface area contributed by atoms with E-state index in [0.717, 1.165) is 11.2 Å². The van der Waals surface area contributed by atoms with E-state index in [-0.39, 0.29) is 18.9 Å². The molecule has 6 nitrogen and oxygen atoms in total. The number of rotatable bonds is 5. The molecule has 24 heavy (non-hydrogen) atoms. The van der Waals surface area contributed by atoms with Crippen LogP contribution in [0.1, 0.15) is 5.56 Å². The molecular formula is C17H19BN2O4. The molecule has 0 N–H and O–H groups in total. The number of nitrogens with zero attached hydrogens (tertiary/aromatic N) is 2. The minimum atomic E-state index is -0.399. The van der Waals surface area contributed by atoms with Gasteiger partial charge in [0.2, 0.25) is 0 Å². The second-order valence-corrected chi connectivity index (χ2v) is 5.99. The van der Waals surface area contributed by atoms with Gasteiger partial charge in [-0.3, -0.25) is 10.1 Å². The third kappa shape index (κ3) is 3.75. The van der Waals surface area contributed by atoms with Gasteiger partial charge in [0.1, 0.15) is 0 Å². The molecule has 124 valence electrons. The molecule has 0 amide bonds. The molecule has 1 aliphatic rings. The van der Waals surface area contributed by atoms with E-state index in [9.17, 15) is 10.1 Å². The summed E-state index contributed by atoms with van der Waals surface area (Å²) in [5.74, 6) is 0. The molecule has 0 aliphatic carbocycles. The minimum Gasteiger partial charge on any atom is -0.405 e. The number of hydrogen-bond donors (Lipinski definition) is 0. The lowest BCUT2D eigenvalue weighted by Crippen LogP contribution is -2.35. The van der Waals surface area contributed by atoms with Gasteiger partial charge in [-0.2, -0.15) is 0 Å². The molecule has 0 saturated carbocycles. The number of nitro benzene ring substituents is 1. The first-order valence-electron chi connectivity index (χ1n) is 7.82. The van der Waals surface area contributed by atoms with Gasteiger partial charge in [-0.05, 0) is 24.5 Å². The summed E-state index contributed by atoms with van der Waals surface area (Å²) in [6, 6.07) is 14.6. The lowest BCUT2D eigenvalue weighted by Gasteiger charge is -2.22. The number of likely N-dealkylation sites (N-methyl/N-ethyl adjacent to an activating group) is 1. The molecule has 1 unspecified atom stereocenters. The molecular weight excluding hydrogens is 307 g/mol. The summed E-state index contributed by atoms with van der Waals surface area (Å²) in [6.45, 7) is 3.22. The number of benzene rings is 2. The van der Waals surface area contributed by atoms with Gasteiger partial charge in [-0.15, -0.1) is 0 Å². The molecule has 1 heterocycles. The van der Waals surface area contributed by atoms with Crippen molar-refractivity contribution in [1.29, 1.82) is 0 Å². The fraction of sp³-hybridized carbons (Fsp3) is 0.294. The van der Waals surface area contributed by atoms with Crippen molar-refractivity contribution in [3.8, 4) is 0 Å². The number of anilines is 1. The molecule has 1 saturated heterocycles. The van der Waals surface area contributed by atoms with Crippen LogP contribution in [0.4, 0.5) is 11.4 Å². The van der Waals surface area contributed by atoms with Crippen molar-refractivity contribution in [1.82, 2.24) is 0 Å². The molecule has 7 heteroatoms. The highest BCUT2D eigenvalue weighted by Crippen LogP contribution is 2.20. The predicted octanol–water partition coefficient (Wildman–Crippen LogP) is 2.15. The fourth-order valence-corrected chi connectivity index (χ4v) is 2.68. The Balaban J connectivity index is 1.58. The van der Waals surface area contributed by atoms with Crippen LogP contribution in [0.15, 0.2) is 48.5 Å². The molecule has 2 aromatic rings. The fourth-order valence-electron chi connectivity index (χ4n) is 2.68. The van der Waals surface area contributed by atoms with Crippen LogP contribution in [0.5, 0.6) is 0 Å². The van der Waals surface area contributed by atoms with Gasteiger partial charge in [0.05, 0.1) is 17.6 Å². The highest BCUT2D eigenvalue weighted by atomic mass is 16.6. The van der Waals surface area contributed by atoms with E-state index >= 15 is 0 Å². The summed E-state index contributed by atoms with van der Waals surface area (Å²) < 4.78 is 11.7. The molecule has 1 fully saturated rings. The van der Waals surface area contributed by atoms with Crippen LogP contribution in [0.25, 0.3) is 0 Å². The van der Waals surface area contributed by atoms with E-state index in [4.69, 9.17) is 9.31 Å². The smallest absolute Gasteiger partial charge is 0.405 e. The van der Waals surface area contributed by atoms with Crippen molar-refractivity contribution in [2.45, 2.75) is 13.0 Å². The van der Waals surface area contributed by atoms with E-state index in [1.807, 2.05) is 43.1 Å². The SMILES string of the molecule is Cc1ccc(B2OCC(CN(C)c3ccc([N+](=O)[O-])cc3)O2)cc1. The van der Waals surface area contributed by atoms with Crippen LogP contribution < -0.4 is 10.4 Å². The minimum absolute atomic E-state index is 0.0449. The third-order valence-electron chi connectivity index (χ3n) is 4.08. The Morgan fingerprint density at radius 2 is 1.88 bits per heavy atom. The summed E-state index contributed by atoms with van der Waals surface area (Å²) in [5, 5.41) is 10.7. The zero-order chi connectivity index (χ0) is 17.1. The van der Waals surface area contributed by atoms with E-state index < -0.39 is 4.92 Å². The zero-order valence-corrected chi connectivity index (χ0v) is 13.7. The molecule has 0 spiro atoms. The highest BCUT2D eigenvalue weighted by molar-refractivity contribution is 6.61. The average Bonchev–Trinajstić information content (AvgIpc) is 3.04. The first-order chi connectivity index (χ1) is 11.5.